The Labute approximate surface area is 213 Å². The van der Waals surface area contributed by atoms with E-state index in [0.29, 0.717) is 41.4 Å². The number of hydrogen-bond donors (Lipinski definition) is 0. The van der Waals surface area contributed by atoms with Gasteiger partial charge in [0.25, 0.3) is 0 Å². The molecule has 0 bridgehead atoms. The summed E-state index contributed by atoms with van der Waals surface area (Å²) in [6.07, 6.45) is 1.49. The van der Waals surface area contributed by atoms with Crippen molar-refractivity contribution < 1.29 is 17.9 Å². The van der Waals surface area contributed by atoms with Crippen molar-refractivity contribution in [3.05, 3.63) is 52.5 Å². The van der Waals surface area contributed by atoms with Crippen molar-refractivity contribution in [3.63, 3.8) is 0 Å². The van der Waals surface area contributed by atoms with Crippen LogP contribution in [0.1, 0.15) is 30.9 Å². The first-order chi connectivity index (χ1) is 17.2. The van der Waals surface area contributed by atoms with E-state index >= 15 is 0 Å². The van der Waals surface area contributed by atoms with Crippen LogP contribution >= 0.6 is 11.6 Å². The molecule has 2 aromatic carbocycles. The lowest BCUT2D eigenvalue weighted by Gasteiger charge is -2.33. The number of rotatable bonds is 5. The molecule has 1 aliphatic heterocycles. The minimum absolute atomic E-state index is 0.122. The average molecular weight is 528 g/mol. The number of sulfone groups is 1. The minimum atomic E-state index is -3.99. The molecule has 0 amide bonds. The molecule has 36 heavy (non-hydrogen) atoms. The molecule has 188 valence electrons. The molecule has 0 radical (unpaired) electrons. The standard InChI is InChI=1S/C25H26ClN5O4S/c1-4-35-25(32)17-6-5-11-30(14-17)22-20-13-18(26)8-10-21(20)31-23(27-22)24(28-29-31)36(33,34)19-9-7-15(2)16(3)12-19/h7-10,12-13,17H,4-6,11,14H2,1-3H3/t17-/m0/s1. The summed E-state index contributed by atoms with van der Waals surface area (Å²) in [4.78, 5) is 19.4. The molecule has 1 aliphatic rings. The van der Waals surface area contributed by atoms with Gasteiger partial charge in [-0.2, -0.15) is 4.52 Å². The van der Waals surface area contributed by atoms with Gasteiger partial charge in [-0.3, -0.25) is 4.79 Å². The smallest absolute Gasteiger partial charge is 0.310 e. The monoisotopic (exact) mass is 527 g/mol. The van der Waals surface area contributed by atoms with E-state index in [9.17, 15) is 13.2 Å². The molecule has 1 saturated heterocycles. The summed E-state index contributed by atoms with van der Waals surface area (Å²) in [7, 11) is -3.99. The number of piperidine rings is 1. The number of aryl methyl sites for hydroxylation is 2. The molecule has 3 heterocycles. The van der Waals surface area contributed by atoms with Crippen LogP contribution in [0.15, 0.2) is 46.3 Å². The highest BCUT2D eigenvalue weighted by Crippen LogP contribution is 2.34. The van der Waals surface area contributed by atoms with Crippen molar-refractivity contribution in [2.75, 3.05) is 24.6 Å². The van der Waals surface area contributed by atoms with Crippen molar-refractivity contribution in [1.82, 2.24) is 19.8 Å². The minimum Gasteiger partial charge on any atom is -0.466 e. The first kappa shape index (κ1) is 24.5. The summed E-state index contributed by atoms with van der Waals surface area (Å²) in [6.45, 7) is 6.95. The molecular formula is C25H26ClN5O4S. The maximum absolute atomic E-state index is 13.6. The second-order valence-electron chi connectivity index (χ2n) is 9.01. The third-order valence-electron chi connectivity index (χ3n) is 6.64. The molecular weight excluding hydrogens is 502 g/mol. The van der Waals surface area contributed by atoms with Crippen LogP contribution in [0.25, 0.3) is 16.6 Å². The van der Waals surface area contributed by atoms with Gasteiger partial charge in [-0.25, -0.2) is 13.4 Å². The van der Waals surface area contributed by atoms with Gasteiger partial charge in [0, 0.05) is 23.5 Å². The topological polar surface area (TPSA) is 107 Å². The molecule has 0 N–H and O–H groups in total. The number of aromatic nitrogens is 4. The number of anilines is 1. The highest BCUT2D eigenvalue weighted by atomic mass is 35.5. The number of benzene rings is 2. The van der Waals surface area contributed by atoms with E-state index in [0.717, 1.165) is 24.0 Å². The van der Waals surface area contributed by atoms with Crippen molar-refractivity contribution in [3.8, 4) is 0 Å². The lowest BCUT2D eigenvalue weighted by atomic mass is 9.98. The molecule has 4 aromatic rings. The average Bonchev–Trinajstić information content (AvgIpc) is 3.30. The quantitative estimate of drug-likeness (QED) is 0.356. The molecule has 1 atom stereocenters. The highest BCUT2D eigenvalue weighted by molar-refractivity contribution is 7.91. The zero-order valence-electron chi connectivity index (χ0n) is 20.2. The molecule has 9 nitrogen and oxygen atoms in total. The van der Waals surface area contributed by atoms with Crippen LogP contribution in [0.5, 0.6) is 0 Å². The van der Waals surface area contributed by atoms with E-state index in [-0.39, 0.29) is 27.5 Å². The molecule has 0 unspecified atom stereocenters. The van der Waals surface area contributed by atoms with Gasteiger partial charge in [-0.15, -0.1) is 5.10 Å². The van der Waals surface area contributed by atoms with Crippen LogP contribution in [0, 0.1) is 19.8 Å². The van der Waals surface area contributed by atoms with E-state index in [4.69, 9.17) is 21.3 Å². The van der Waals surface area contributed by atoms with Gasteiger partial charge in [-0.1, -0.05) is 22.9 Å². The fraction of sp³-hybridized carbons (Fsp3) is 0.360. The number of hydrogen-bond acceptors (Lipinski definition) is 8. The number of carbonyl (C=O) groups is 1. The van der Waals surface area contributed by atoms with E-state index in [1.165, 1.54) is 4.52 Å². The fourth-order valence-electron chi connectivity index (χ4n) is 4.58. The van der Waals surface area contributed by atoms with Gasteiger partial charge in [-0.05, 0) is 75.1 Å². The third kappa shape index (κ3) is 4.18. The Balaban J connectivity index is 1.69. The van der Waals surface area contributed by atoms with Gasteiger partial charge < -0.3 is 9.64 Å². The summed E-state index contributed by atoms with van der Waals surface area (Å²) in [5.41, 5.74) is 2.59. The molecule has 0 spiro atoms. The van der Waals surface area contributed by atoms with Crippen LogP contribution in [-0.4, -0.2) is 53.9 Å². The van der Waals surface area contributed by atoms with Gasteiger partial charge in [0.1, 0.15) is 5.82 Å². The van der Waals surface area contributed by atoms with E-state index < -0.39 is 9.84 Å². The van der Waals surface area contributed by atoms with E-state index in [2.05, 4.69) is 10.3 Å². The molecule has 0 aliphatic carbocycles. The summed E-state index contributed by atoms with van der Waals surface area (Å²) >= 11 is 6.32. The molecule has 1 fully saturated rings. The number of carbonyl (C=O) groups excluding carboxylic acids is 1. The normalized spacial score (nSPS) is 16.6. The maximum atomic E-state index is 13.6. The number of esters is 1. The van der Waals surface area contributed by atoms with Crippen LogP contribution in [0.4, 0.5) is 5.82 Å². The summed E-state index contributed by atoms with van der Waals surface area (Å²) in [5, 5.41) is 9.19. The van der Waals surface area contributed by atoms with Gasteiger partial charge in [0.05, 0.1) is 22.9 Å². The van der Waals surface area contributed by atoms with Crippen LogP contribution in [0.3, 0.4) is 0 Å². The van der Waals surface area contributed by atoms with E-state index in [1.54, 1.807) is 43.3 Å². The Kier molecular flexibility index (Phi) is 6.34. The third-order valence-corrected chi connectivity index (χ3v) is 8.52. The van der Waals surface area contributed by atoms with Gasteiger partial charge >= 0.3 is 5.97 Å². The Hall–Kier alpha value is -3.24. The van der Waals surface area contributed by atoms with Crippen molar-refractivity contribution >= 4 is 49.8 Å². The molecule has 0 saturated carbocycles. The van der Waals surface area contributed by atoms with Gasteiger partial charge in [0.15, 0.2) is 5.65 Å². The maximum Gasteiger partial charge on any atom is 0.310 e. The summed E-state index contributed by atoms with van der Waals surface area (Å²) < 4.78 is 33.9. The Morgan fingerprint density at radius 2 is 1.97 bits per heavy atom. The SMILES string of the molecule is CCOC(=O)[C@H]1CCCN(c2nc3c(S(=O)(=O)c4ccc(C)c(C)c4)nnn3c3ccc(Cl)cc23)C1. The molecule has 5 rings (SSSR count). The zero-order valence-corrected chi connectivity index (χ0v) is 21.8. The van der Waals surface area contributed by atoms with Crippen LogP contribution in [-0.2, 0) is 19.4 Å². The van der Waals surface area contributed by atoms with Crippen LogP contribution in [0.2, 0.25) is 5.02 Å². The largest absolute Gasteiger partial charge is 0.466 e. The molecule has 11 heteroatoms. The predicted octanol–water partition coefficient (Wildman–Crippen LogP) is 4.16. The first-order valence-electron chi connectivity index (χ1n) is 11.8. The number of nitrogens with zero attached hydrogens (tertiary/aromatic N) is 5. The number of ether oxygens (including phenoxy) is 1. The zero-order chi connectivity index (χ0) is 25.6. The second kappa shape index (κ2) is 9.33. The fourth-order valence-corrected chi connectivity index (χ4v) is 6.07. The second-order valence-corrected chi connectivity index (χ2v) is 11.3. The lowest BCUT2D eigenvalue weighted by molar-refractivity contribution is -0.148. The first-order valence-corrected chi connectivity index (χ1v) is 13.7. The number of fused-ring (bicyclic) bond motifs is 3. The summed E-state index contributed by atoms with van der Waals surface area (Å²) in [5.74, 6) is -0.00443. The summed E-state index contributed by atoms with van der Waals surface area (Å²) in [6, 6.07) is 10.2. The predicted molar refractivity (Wildman–Crippen MR) is 136 cm³/mol. The lowest BCUT2D eigenvalue weighted by Crippen LogP contribution is -2.40. The Morgan fingerprint density at radius 1 is 1.17 bits per heavy atom. The van der Waals surface area contributed by atoms with Crippen molar-refractivity contribution in [1.29, 1.82) is 0 Å². The Morgan fingerprint density at radius 3 is 2.72 bits per heavy atom. The van der Waals surface area contributed by atoms with E-state index in [1.807, 2.05) is 18.7 Å². The van der Waals surface area contributed by atoms with Crippen molar-refractivity contribution in [2.45, 2.75) is 43.5 Å². The van der Waals surface area contributed by atoms with Gasteiger partial charge in [0.2, 0.25) is 14.9 Å². The Bertz CT molecular complexity index is 1600. The number of halogens is 1. The van der Waals surface area contributed by atoms with Crippen molar-refractivity contribution in [2.24, 2.45) is 5.92 Å². The van der Waals surface area contributed by atoms with Crippen LogP contribution < -0.4 is 4.90 Å². The molecule has 2 aromatic heterocycles. The highest BCUT2D eigenvalue weighted by Gasteiger charge is 2.31.